The van der Waals surface area contributed by atoms with E-state index in [2.05, 4.69) is 25.9 Å². The third-order valence-corrected chi connectivity index (χ3v) is 2.51. The number of hydrogen-bond donors (Lipinski definition) is 1. The minimum absolute atomic E-state index is 0.0523. The lowest BCUT2D eigenvalue weighted by molar-refractivity contribution is 0.533. The van der Waals surface area contributed by atoms with Crippen LogP contribution in [0.5, 0.6) is 5.75 Å². The molecular formula is C12H15BrClN3O. The van der Waals surface area contributed by atoms with Crippen molar-refractivity contribution in [2.45, 2.75) is 26.8 Å². The van der Waals surface area contributed by atoms with Gasteiger partial charge in [-0.05, 0) is 54.4 Å². The molecule has 18 heavy (non-hydrogen) atoms. The first-order valence-electron chi connectivity index (χ1n) is 5.40. The molecule has 0 aliphatic carbocycles. The average Bonchev–Trinajstić information content (AvgIpc) is 2.21. The minimum atomic E-state index is 0.0523. The van der Waals surface area contributed by atoms with Crippen LogP contribution < -0.4 is 10.5 Å². The lowest BCUT2D eigenvalue weighted by Crippen LogP contribution is -2.13. The molecule has 0 spiro atoms. The van der Waals surface area contributed by atoms with Crippen molar-refractivity contribution in [2.24, 2.45) is 15.7 Å². The maximum absolute atomic E-state index is 6.02. The summed E-state index contributed by atoms with van der Waals surface area (Å²) in [7, 11) is 0. The highest BCUT2D eigenvalue weighted by atomic mass is 79.9. The van der Waals surface area contributed by atoms with E-state index >= 15 is 0 Å². The summed E-state index contributed by atoms with van der Waals surface area (Å²) in [5.41, 5.74) is 6.44. The molecule has 0 aliphatic rings. The van der Waals surface area contributed by atoms with Crippen molar-refractivity contribution in [2.75, 3.05) is 0 Å². The van der Waals surface area contributed by atoms with E-state index in [9.17, 15) is 0 Å². The second-order valence-electron chi connectivity index (χ2n) is 3.95. The highest BCUT2D eigenvalue weighted by molar-refractivity contribution is 9.18. The smallest absolute Gasteiger partial charge is 0.319 e. The molecule has 0 atom stereocenters. The van der Waals surface area contributed by atoms with Crippen molar-refractivity contribution in [1.82, 2.24) is 0 Å². The number of aliphatic imine (C=N–C) groups is 2. The first-order valence-corrected chi connectivity index (χ1v) is 6.57. The standard InChI is InChI=1S/C12H15BrClN3O/c1-7(2)16-12(17-11(13)15)18-9-5-4-8(3)10(14)6-9/h4-7H,1-3H3,(H2,15,16,17). The summed E-state index contributed by atoms with van der Waals surface area (Å²) in [6.45, 7) is 5.76. The number of hydrogen-bond acceptors (Lipinski definition) is 2. The first kappa shape index (κ1) is 15.0. The van der Waals surface area contributed by atoms with Crippen LogP contribution in [0.25, 0.3) is 0 Å². The van der Waals surface area contributed by atoms with Crippen molar-refractivity contribution in [3.63, 3.8) is 0 Å². The molecule has 2 N–H and O–H groups in total. The van der Waals surface area contributed by atoms with Crippen LogP contribution in [-0.4, -0.2) is 16.8 Å². The second-order valence-corrected chi connectivity index (χ2v) is 5.17. The summed E-state index contributed by atoms with van der Waals surface area (Å²) in [5.74, 6) is 0.572. The molecule has 0 aromatic heterocycles. The minimum Gasteiger partial charge on any atom is -0.424 e. The molecule has 98 valence electrons. The van der Waals surface area contributed by atoms with Gasteiger partial charge in [-0.1, -0.05) is 17.7 Å². The van der Waals surface area contributed by atoms with Gasteiger partial charge < -0.3 is 10.5 Å². The van der Waals surface area contributed by atoms with E-state index in [0.717, 1.165) is 5.56 Å². The van der Waals surface area contributed by atoms with Gasteiger partial charge in [-0.25, -0.2) is 4.99 Å². The van der Waals surface area contributed by atoms with Gasteiger partial charge >= 0.3 is 6.02 Å². The molecule has 1 aromatic rings. The lowest BCUT2D eigenvalue weighted by Gasteiger charge is -2.07. The number of rotatable bonds is 2. The summed E-state index contributed by atoms with van der Waals surface area (Å²) < 4.78 is 5.75. The fourth-order valence-electron chi connectivity index (χ4n) is 1.13. The zero-order chi connectivity index (χ0) is 13.7. The van der Waals surface area contributed by atoms with Crippen molar-refractivity contribution in [3.05, 3.63) is 28.8 Å². The number of nitrogens with zero attached hydrogens (tertiary/aromatic N) is 2. The largest absolute Gasteiger partial charge is 0.424 e. The molecule has 0 saturated heterocycles. The van der Waals surface area contributed by atoms with Crippen LogP contribution in [-0.2, 0) is 0 Å². The van der Waals surface area contributed by atoms with Crippen molar-refractivity contribution >= 4 is 38.3 Å². The summed E-state index contributed by atoms with van der Waals surface area (Å²) in [6, 6.07) is 5.63. The third kappa shape index (κ3) is 5.06. The Kier molecular flexibility index (Phi) is 5.62. The van der Waals surface area contributed by atoms with E-state index in [1.54, 1.807) is 12.1 Å². The lowest BCUT2D eigenvalue weighted by atomic mass is 10.2. The molecule has 1 rings (SSSR count). The van der Waals surface area contributed by atoms with Crippen LogP contribution in [0, 0.1) is 6.92 Å². The Morgan fingerprint density at radius 2 is 2.11 bits per heavy atom. The van der Waals surface area contributed by atoms with Gasteiger partial charge in [0.05, 0.1) is 0 Å². The summed E-state index contributed by atoms with van der Waals surface area (Å²) in [5, 5.41) is 0.632. The Hall–Kier alpha value is -1.07. The van der Waals surface area contributed by atoms with Gasteiger partial charge in [-0.3, -0.25) is 0 Å². The quantitative estimate of drug-likeness (QED) is 0.512. The molecule has 0 unspecified atom stereocenters. The van der Waals surface area contributed by atoms with E-state index in [1.807, 2.05) is 26.8 Å². The second kappa shape index (κ2) is 6.75. The monoisotopic (exact) mass is 331 g/mol. The normalized spacial score (nSPS) is 13.0. The van der Waals surface area contributed by atoms with E-state index in [-0.39, 0.29) is 16.8 Å². The highest BCUT2D eigenvalue weighted by Crippen LogP contribution is 2.22. The zero-order valence-electron chi connectivity index (χ0n) is 10.4. The maximum Gasteiger partial charge on any atom is 0.319 e. The first-order chi connectivity index (χ1) is 8.38. The Labute approximate surface area is 120 Å². The molecule has 0 bridgehead atoms. The van der Waals surface area contributed by atoms with Crippen LogP contribution in [0.1, 0.15) is 19.4 Å². The Morgan fingerprint density at radius 3 is 2.61 bits per heavy atom. The SMILES string of the molecule is Cc1ccc(OC(N=C(N)Br)=NC(C)C)cc1Cl. The number of benzene rings is 1. The Morgan fingerprint density at radius 1 is 1.44 bits per heavy atom. The maximum atomic E-state index is 6.02. The molecule has 0 radical (unpaired) electrons. The van der Waals surface area contributed by atoms with E-state index < -0.39 is 0 Å². The van der Waals surface area contributed by atoms with Crippen LogP contribution in [0.4, 0.5) is 0 Å². The Balaban J connectivity index is 2.96. The highest BCUT2D eigenvalue weighted by Gasteiger charge is 2.05. The molecular weight excluding hydrogens is 318 g/mol. The summed E-state index contributed by atoms with van der Waals surface area (Å²) in [4.78, 5) is 8.18. The fraction of sp³-hybridized carbons (Fsp3) is 0.333. The van der Waals surface area contributed by atoms with Crippen LogP contribution in [0.15, 0.2) is 28.2 Å². The predicted octanol–water partition coefficient (Wildman–Crippen LogP) is 3.50. The summed E-state index contributed by atoms with van der Waals surface area (Å²) >= 11 is 9.06. The fourth-order valence-corrected chi connectivity index (χ4v) is 1.45. The number of nitrogens with two attached hydrogens (primary N) is 1. The zero-order valence-corrected chi connectivity index (χ0v) is 12.8. The molecule has 1 aromatic carbocycles. The molecule has 0 saturated carbocycles. The van der Waals surface area contributed by atoms with Crippen LogP contribution in [0.3, 0.4) is 0 Å². The van der Waals surface area contributed by atoms with Gasteiger partial charge in [0, 0.05) is 11.1 Å². The average molecular weight is 333 g/mol. The van der Waals surface area contributed by atoms with Crippen molar-refractivity contribution in [1.29, 1.82) is 0 Å². The topological polar surface area (TPSA) is 60.0 Å². The third-order valence-electron chi connectivity index (χ3n) is 1.92. The van der Waals surface area contributed by atoms with Gasteiger partial charge in [-0.2, -0.15) is 4.99 Å². The molecule has 6 heteroatoms. The molecule has 0 heterocycles. The van der Waals surface area contributed by atoms with Crippen molar-refractivity contribution in [3.8, 4) is 5.75 Å². The van der Waals surface area contributed by atoms with Crippen LogP contribution in [0.2, 0.25) is 5.02 Å². The molecule has 4 nitrogen and oxygen atoms in total. The van der Waals surface area contributed by atoms with E-state index in [4.69, 9.17) is 22.1 Å². The molecule has 0 fully saturated rings. The van der Waals surface area contributed by atoms with Gasteiger partial charge in [0.25, 0.3) is 0 Å². The molecule has 0 amide bonds. The van der Waals surface area contributed by atoms with E-state index in [0.29, 0.717) is 10.8 Å². The number of aryl methyl sites for hydroxylation is 1. The van der Waals surface area contributed by atoms with Gasteiger partial charge in [-0.15, -0.1) is 0 Å². The molecule has 0 aliphatic heterocycles. The van der Waals surface area contributed by atoms with Crippen LogP contribution >= 0.6 is 27.5 Å². The predicted molar refractivity (Wildman–Crippen MR) is 79.9 cm³/mol. The number of amidine groups is 2. The van der Waals surface area contributed by atoms with E-state index in [1.165, 1.54) is 0 Å². The number of ether oxygens (including phenoxy) is 1. The summed E-state index contributed by atoms with van der Waals surface area (Å²) in [6.07, 6.45) is 0. The van der Waals surface area contributed by atoms with Crippen molar-refractivity contribution < 1.29 is 4.74 Å². The van der Waals surface area contributed by atoms with Gasteiger partial charge in [0.1, 0.15) is 5.75 Å². The Bertz CT molecular complexity index is 482. The number of halogens is 2. The van der Waals surface area contributed by atoms with Gasteiger partial charge in [0.2, 0.25) is 0 Å². The van der Waals surface area contributed by atoms with Gasteiger partial charge in [0.15, 0.2) is 4.74 Å².